The average molecular weight is 189 g/mol. The molecule has 0 saturated carbocycles. The highest BCUT2D eigenvalue weighted by atomic mass is 32.3. The van der Waals surface area contributed by atoms with E-state index in [1.807, 2.05) is 0 Å². The monoisotopic (exact) mass is 189 g/mol. The minimum absolute atomic E-state index is 2.43. The molecule has 0 amide bonds. The molecular formula is C2H5O6S2. The first-order valence-electron chi connectivity index (χ1n) is 1.91. The Hall–Kier alpha value is -0.180. The molecule has 0 saturated heterocycles. The first-order valence-corrected chi connectivity index (χ1v) is 4.92. The highest BCUT2D eigenvalue weighted by molar-refractivity contribution is 8.04. The summed E-state index contributed by atoms with van der Waals surface area (Å²) in [4.78, 5) is 0. The molecule has 0 unspecified atom stereocenters. The van der Waals surface area contributed by atoms with Gasteiger partial charge in [0.05, 0.1) is 0 Å². The van der Waals surface area contributed by atoms with Crippen molar-refractivity contribution in [1.82, 2.24) is 0 Å². The minimum Gasteiger partial charge on any atom is -0.284 e. The normalized spacial score (nSPS) is 14.0. The van der Waals surface area contributed by atoms with E-state index in [2.05, 4.69) is 6.92 Å². The van der Waals surface area contributed by atoms with E-state index in [4.69, 9.17) is 9.11 Å². The van der Waals surface area contributed by atoms with E-state index in [9.17, 15) is 16.8 Å². The van der Waals surface area contributed by atoms with Crippen molar-refractivity contribution < 1.29 is 25.9 Å². The summed E-state index contributed by atoms with van der Waals surface area (Å²) in [7, 11) is -9.62. The fourth-order valence-corrected chi connectivity index (χ4v) is 1.38. The van der Waals surface area contributed by atoms with Gasteiger partial charge in [0.25, 0.3) is 20.2 Å². The van der Waals surface area contributed by atoms with Crippen molar-refractivity contribution >= 4 is 20.2 Å². The Balaban J connectivity index is 4.94. The van der Waals surface area contributed by atoms with Crippen molar-refractivity contribution in [2.24, 2.45) is 0 Å². The van der Waals surface area contributed by atoms with Crippen LogP contribution in [0.25, 0.3) is 0 Å². The second kappa shape index (κ2) is 2.46. The van der Waals surface area contributed by atoms with E-state index in [1.54, 1.807) is 0 Å². The molecule has 6 nitrogen and oxygen atoms in total. The summed E-state index contributed by atoms with van der Waals surface area (Å²) in [6.45, 7) is 2.50. The second-order valence-corrected chi connectivity index (χ2v) is 4.96. The van der Waals surface area contributed by atoms with Gasteiger partial charge < -0.3 is 0 Å². The van der Waals surface area contributed by atoms with Crippen molar-refractivity contribution in [1.29, 1.82) is 0 Å². The van der Waals surface area contributed by atoms with Crippen LogP contribution >= 0.6 is 0 Å². The summed E-state index contributed by atoms with van der Waals surface area (Å²) < 4.78 is 53.3. The van der Waals surface area contributed by atoms with E-state index in [-0.39, 0.29) is 0 Å². The van der Waals surface area contributed by atoms with Crippen LogP contribution in [0.1, 0.15) is 0 Å². The largest absolute Gasteiger partial charge is 0.284 e. The zero-order chi connectivity index (χ0) is 8.58. The quantitative estimate of drug-likeness (QED) is 0.535. The van der Waals surface area contributed by atoms with E-state index in [1.165, 1.54) is 0 Å². The molecule has 10 heavy (non-hydrogen) atoms. The maximum absolute atomic E-state index is 9.93. The summed E-state index contributed by atoms with van der Waals surface area (Å²) in [6.07, 6.45) is 0. The summed E-state index contributed by atoms with van der Waals surface area (Å²) in [6, 6.07) is 0. The molecule has 0 aliphatic rings. The highest BCUT2D eigenvalue weighted by Gasteiger charge is 2.29. The standard InChI is InChI=1S/C2H5O6S2/c1-2(9(3,4)5)10(6,7)8/h2H,1H2,(H,3,4,5)(H,6,7,8). The Morgan fingerprint density at radius 1 is 1.00 bits per heavy atom. The molecule has 1 radical (unpaired) electrons. The predicted molar refractivity (Wildman–Crippen MR) is 32.2 cm³/mol. The average Bonchev–Trinajstić information content (AvgIpc) is 1.59. The van der Waals surface area contributed by atoms with Crippen molar-refractivity contribution in [2.75, 3.05) is 0 Å². The molecule has 61 valence electrons. The van der Waals surface area contributed by atoms with Crippen LogP contribution < -0.4 is 0 Å². The molecule has 0 aromatic carbocycles. The molecular weight excluding hydrogens is 184 g/mol. The Kier molecular flexibility index (Phi) is 2.41. The van der Waals surface area contributed by atoms with Crippen LogP contribution in [0.2, 0.25) is 0 Å². The third-order valence-electron chi connectivity index (χ3n) is 0.664. The van der Waals surface area contributed by atoms with Crippen molar-refractivity contribution in [3.63, 3.8) is 0 Å². The van der Waals surface area contributed by atoms with Gasteiger partial charge in [-0.2, -0.15) is 16.8 Å². The van der Waals surface area contributed by atoms with Gasteiger partial charge in [0.1, 0.15) is 0 Å². The molecule has 8 heteroatoms. The second-order valence-electron chi connectivity index (χ2n) is 1.46. The lowest BCUT2D eigenvalue weighted by Gasteiger charge is -2.01. The molecule has 0 aliphatic carbocycles. The first kappa shape index (κ1) is 9.82. The summed E-state index contributed by atoms with van der Waals surface area (Å²) in [5.41, 5.74) is 0. The summed E-state index contributed by atoms with van der Waals surface area (Å²) in [5.74, 6) is 0. The van der Waals surface area contributed by atoms with Gasteiger partial charge >= 0.3 is 0 Å². The van der Waals surface area contributed by atoms with Gasteiger partial charge in [-0.25, -0.2) is 0 Å². The molecule has 0 heterocycles. The molecule has 0 aromatic rings. The topological polar surface area (TPSA) is 109 Å². The zero-order valence-corrected chi connectivity index (χ0v) is 6.26. The van der Waals surface area contributed by atoms with Gasteiger partial charge in [-0.1, -0.05) is 0 Å². The Morgan fingerprint density at radius 3 is 1.20 bits per heavy atom. The highest BCUT2D eigenvalue weighted by Crippen LogP contribution is 2.03. The zero-order valence-electron chi connectivity index (χ0n) is 4.63. The summed E-state index contributed by atoms with van der Waals surface area (Å²) in [5, 5.41) is 0. The van der Waals surface area contributed by atoms with Gasteiger partial charge in [-0.05, 0) is 6.92 Å². The van der Waals surface area contributed by atoms with Gasteiger partial charge in [-0.3, -0.25) is 9.11 Å². The van der Waals surface area contributed by atoms with Crippen molar-refractivity contribution in [2.45, 2.75) is 4.58 Å². The van der Waals surface area contributed by atoms with Crippen LogP contribution in [-0.4, -0.2) is 30.5 Å². The van der Waals surface area contributed by atoms with Crippen LogP contribution in [0.15, 0.2) is 0 Å². The molecule has 0 atom stereocenters. The molecule has 0 spiro atoms. The molecule has 0 aliphatic heterocycles. The SMILES string of the molecule is [CH2]C(S(=O)(=O)O)S(=O)(=O)O. The third kappa shape index (κ3) is 2.60. The Labute approximate surface area is 58.4 Å². The van der Waals surface area contributed by atoms with E-state index in [0.717, 1.165) is 0 Å². The molecule has 0 bridgehead atoms. The van der Waals surface area contributed by atoms with Crippen LogP contribution in [0, 0.1) is 6.92 Å². The number of rotatable bonds is 2. The van der Waals surface area contributed by atoms with E-state index in [0.29, 0.717) is 0 Å². The third-order valence-corrected chi connectivity index (χ3v) is 3.45. The van der Waals surface area contributed by atoms with E-state index < -0.39 is 24.8 Å². The fraction of sp³-hybridized carbons (Fsp3) is 0.500. The predicted octanol–water partition coefficient (Wildman–Crippen LogP) is -1.08. The summed E-state index contributed by atoms with van der Waals surface area (Å²) >= 11 is 0. The number of hydrogen-bond donors (Lipinski definition) is 2. The van der Waals surface area contributed by atoms with Crippen LogP contribution in [0.5, 0.6) is 0 Å². The molecule has 0 fully saturated rings. The van der Waals surface area contributed by atoms with Gasteiger partial charge in [0, 0.05) is 0 Å². The maximum atomic E-state index is 9.93. The first-order chi connectivity index (χ1) is 4.15. The van der Waals surface area contributed by atoms with Gasteiger partial charge in [0.2, 0.25) is 4.58 Å². The maximum Gasteiger partial charge on any atom is 0.284 e. The molecule has 0 rings (SSSR count). The lowest BCUT2D eigenvalue weighted by molar-refractivity contribution is 0.462. The minimum atomic E-state index is -4.81. The van der Waals surface area contributed by atoms with Crippen LogP contribution in [-0.2, 0) is 20.2 Å². The lowest BCUT2D eigenvalue weighted by Crippen LogP contribution is -2.26. The Morgan fingerprint density at radius 2 is 1.20 bits per heavy atom. The van der Waals surface area contributed by atoms with Crippen molar-refractivity contribution in [3.05, 3.63) is 6.92 Å². The van der Waals surface area contributed by atoms with Crippen molar-refractivity contribution in [3.8, 4) is 0 Å². The van der Waals surface area contributed by atoms with Crippen LogP contribution in [0.4, 0.5) is 0 Å². The molecule has 0 aromatic heterocycles. The van der Waals surface area contributed by atoms with Gasteiger partial charge in [-0.15, -0.1) is 0 Å². The lowest BCUT2D eigenvalue weighted by atomic mass is 11.0. The number of hydrogen-bond acceptors (Lipinski definition) is 4. The van der Waals surface area contributed by atoms with E-state index >= 15 is 0 Å². The fourth-order valence-electron chi connectivity index (χ4n) is 0.154. The van der Waals surface area contributed by atoms with Crippen LogP contribution in [0.3, 0.4) is 0 Å². The smallest absolute Gasteiger partial charge is 0.284 e. The Bertz CT molecular complexity index is 263. The van der Waals surface area contributed by atoms with Gasteiger partial charge in [0.15, 0.2) is 0 Å². The molecule has 2 N–H and O–H groups in total.